The van der Waals surface area contributed by atoms with Gasteiger partial charge in [0.15, 0.2) is 11.2 Å². The number of hydrogen-bond donors (Lipinski definition) is 4. The number of para-hydroxylation sites is 2. The molecule has 5 unspecified atom stereocenters. The van der Waals surface area contributed by atoms with Gasteiger partial charge in [0.2, 0.25) is 5.95 Å². The third kappa shape index (κ3) is 6.39. The van der Waals surface area contributed by atoms with Crippen molar-refractivity contribution >= 4 is 32.8 Å². The highest BCUT2D eigenvalue weighted by atomic mass is 31.2. The van der Waals surface area contributed by atoms with Crippen molar-refractivity contribution in [2.75, 3.05) is 18.9 Å². The number of nitrogens with two attached hydrogens (primary N) is 1. The van der Waals surface area contributed by atoms with Gasteiger partial charge in [-0.3, -0.25) is 28.6 Å². The second kappa shape index (κ2) is 10.9. The quantitative estimate of drug-likeness (QED) is 0.190. The van der Waals surface area contributed by atoms with Gasteiger partial charge in [-0.25, -0.2) is 14.1 Å². The van der Waals surface area contributed by atoms with Crippen LogP contribution in [0.1, 0.15) is 12.5 Å². The first kappa shape index (κ1) is 27.1. The lowest BCUT2D eigenvalue weighted by atomic mass is 9.70. The van der Waals surface area contributed by atoms with Crippen LogP contribution in [0.25, 0.3) is 11.2 Å². The number of H-pyrrole nitrogens is 1. The van der Waals surface area contributed by atoms with E-state index in [-0.39, 0.29) is 41.8 Å². The van der Waals surface area contributed by atoms with Crippen LogP contribution in [-0.4, -0.2) is 42.5 Å². The van der Waals surface area contributed by atoms with E-state index in [1.165, 1.54) is 30.6 Å². The Morgan fingerprint density at radius 3 is 2.10 bits per heavy atom. The van der Waals surface area contributed by atoms with Gasteiger partial charge in [-0.2, -0.15) is 4.98 Å². The Balaban J connectivity index is 1.33. The first-order chi connectivity index (χ1) is 18.6. The molecule has 206 valence electrons. The number of imidazole rings is 1. The van der Waals surface area contributed by atoms with E-state index in [2.05, 4.69) is 15.0 Å². The van der Waals surface area contributed by atoms with Gasteiger partial charge in [0.05, 0.1) is 19.5 Å². The minimum atomic E-state index is -4.52. The van der Waals surface area contributed by atoms with Crippen molar-refractivity contribution in [1.82, 2.24) is 19.5 Å². The predicted octanol–water partition coefficient (Wildman–Crippen LogP) is 3.27. The normalized spacial score (nSPS) is 21.9. The largest absolute Gasteiger partial charge is 0.527 e. The number of benzene rings is 2. The smallest absolute Gasteiger partial charge is 0.404 e. The SMILES string of the molecule is Nc1nc2c(ncn2C2CC(COP(=O)(O)Oc3ccccc3)C2COP(=O)(O)Oc2ccccc2)c(=O)[nH]1. The topological polar surface area (TPSA) is 201 Å². The Kier molecular flexibility index (Phi) is 7.59. The number of rotatable bonds is 11. The summed E-state index contributed by atoms with van der Waals surface area (Å²) in [6.07, 6.45) is 1.80. The molecule has 0 spiro atoms. The van der Waals surface area contributed by atoms with Crippen LogP contribution in [0.5, 0.6) is 11.5 Å². The van der Waals surface area contributed by atoms with E-state index in [0.29, 0.717) is 6.42 Å². The molecule has 1 aliphatic carbocycles. The molecule has 0 aliphatic heterocycles. The van der Waals surface area contributed by atoms with Crippen molar-refractivity contribution in [2.45, 2.75) is 12.5 Å². The Labute approximate surface area is 221 Å². The van der Waals surface area contributed by atoms with Crippen LogP contribution < -0.4 is 20.3 Å². The molecule has 2 heterocycles. The molecular weight excluding hydrogens is 552 g/mol. The minimum absolute atomic E-state index is 0.0694. The van der Waals surface area contributed by atoms with Crippen molar-refractivity contribution in [3.05, 3.63) is 77.3 Å². The maximum atomic E-state index is 12.6. The highest BCUT2D eigenvalue weighted by Gasteiger charge is 2.45. The maximum Gasteiger partial charge on any atom is 0.527 e. The van der Waals surface area contributed by atoms with Gasteiger partial charge in [0.1, 0.15) is 11.5 Å². The molecule has 0 amide bonds. The van der Waals surface area contributed by atoms with E-state index in [9.17, 15) is 23.7 Å². The molecule has 39 heavy (non-hydrogen) atoms. The molecule has 1 saturated carbocycles. The Morgan fingerprint density at radius 1 is 0.949 bits per heavy atom. The number of nitrogens with zero attached hydrogens (tertiary/aromatic N) is 3. The fraction of sp³-hybridized carbons (Fsp3) is 0.261. The van der Waals surface area contributed by atoms with Crippen molar-refractivity contribution in [3.63, 3.8) is 0 Å². The van der Waals surface area contributed by atoms with E-state index in [4.69, 9.17) is 23.8 Å². The Hall–Kier alpha value is -3.51. The van der Waals surface area contributed by atoms with Crippen LogP contribution in [-0.2, 0) is 18.2 Å². The number of aromatic nitrogens is 4. The molecule has 0 bridgehead atoms. The third-order valence-electron chi connectivity index (χ3n) is 6.26. The fourth-order valence-electron chi connectivity index (χ4n) is 4.37. The van der Waals surface area contributed by atoms with Gasteiger partial charge in [-0.05, 0) is 36.6 Å². The number of aromatic amines is 1. The highest BCUT2D eigenvalue weighted by molar-refractivity contribution is 7.48. The fourth-order valence-corrected chi connectivity index (χ4v) is 6.00. The summed E-state index contributed by atoms with van der Waals surface area (Å²) >= 11 is 0. The summed E-state index contributed by atoms with van der Waals surface area (Å²) in [6, 6.07) is 15.6. The van der Waals surface area contributed by atoms with Gasteiger partial charge in [-0.1, -0.05) is 36.4 Å². The first-order valence-electron chi connectivity index (χ1n) is 11.8. The summed E-state index contributed by atoms with van der Waals surface area (Å²) in [6.45, 7) is -0.504. The van der Waals surface area contributed by atoms with Gasteiger partial charge in [0.25, 0.3) is 5.56 Å². The molecular formula is C23H25N5O9P2. The standard InChI is InChI=1S/C23H25N5O9P2/c24-23-26-21-20(22(29)27-23)25-14-28(21)19-11-15(12-34-38(30,31)36-16-7-3-1-4-8-16)18(19)13-35-39(32,33)37-17-9-5-2-6-10-17/h1-10,14-15,18-19H,11-13H2,(H,30,31)(H,32,33)(H3,24,26,27,29). The van der Waals surface area contributed by atoms with E-state index in [0.717, 1.165) is 0 Å². The summed E-state index contributed by atoms with van der Waals surface area (Å²) < 4.78 is 47.5. The minimum Gasteiger partial charge on any atom is -0.404 e. The lowest BCUT2D eigenvalue weighted by Gasteiger charge is -2.45. The van der Waals surface area contributed by atoms with E-state index in [1.54, 1.807) is 41.0 Å². The summed E-state index contributed by atoms with van der Waals surface area (Å²) in [4.78, 5) is 43.4. The van der Waals surface area contributed by atoms with Crippen LogP contribution >= 0.6 is 15.6 Å². The van der Waals surface area contributed by atoms with Gasteiger partial charge >= 0.3 is 15.6 Å². The molecule has 0 saturated heterocycles. The second-order valence-corrected chi connectivity index (χ2v) is 11.6. The van der Waals surface area contributed by atoms with Crippen molar-refractivity contribution in [3.8, 4) is 11.5 Å². The number of anilines is 1. The van der Waals surface area contributed by atoms with Crippen LogP contribution in [0.4, 0.5) is 5.95 Å². The van der Waals surface area contributed by atoms with Crippen molar-refractivity contribution in [1.29, 1.82) is 0 Å². The number of nitrogens with one attached hydrogen (secondary N) is 1. The second-order valence-electron chi connectivity index (χ2n) is 8.84. The molecule has 1 fully saturated rings. The Morgan fingerprint density at radius 2 is 1.51 bits per heavy atom. The van der Waals surface area contributed by atoms with Gasteiger partial charge in [-0.15, -0.1) is 0 Å². The van der Waals surface area contributed by atoms with Crippen molar-refractivity contribution in [2.24, 2.45) is 11.8 Å². The van der Waals surface area contributed by atoms with Gasteiger partial charge in [0, 0.05) is 12.0 Å². The number of hydrogen-bond acceptors (Lipinski definition) is 10. The van der Waals surface area contributed by atoms with E-state index in [1.807, 2.05) is 0 Å². The highest BCUT2D eigenvalue weighted by Crippen LogP contribution is 2.52. The number of phosphoric ester groups is 2. The maximum absolute atomic E-state index is 12.6. The summed E-state index contributed by atoms with van der Waals surface area (Å²) in [5.74, 6) is -0.721. The number of phosphoric acid groups is 2. The molecule has 1 aliphatic rings. The number of fused-ring (bicyclic) bond motifs is 1. The lowest BCUT2D eigenvalue weighted by molar-refractivity contribution is -0.00444. The number of nitrogen functional groups attached to an aromatic ring is 1. The molecule has 0 radical (unpaired) electrons. The average Bonchev–Trinajstić information content (AvgIpc) is 3.27. The van der Waals surface area contributed by atoms with E-state index >= 15 is 0 Å². The molecule has 14 nitrogen and oxygen atoms in total. The van der Waals surface area contributed by atoms with Gasteiger partial charge < -0.3 is 19.3 Å². The zero-order valence-electron chi connectivity index (χ0n) is 20.3. The molecule has 16 heteroatoms. The van der Waals surface area contributed by atoms with Crippen molar-refractivity contribution < 1.29 is 37.0 Å². The molecule has 4 aromatic rings. The summed E-state index contributed by atoms with van der Waals surface area (Å²) in [5.41, 5.74) is 5.49. The van der Waals surface area contributed by atoms with Crippen LogP contribution in [0.3, 0.4) is 0 Å². The lowest BCUT2D eigenvalue weighted by Crippen LogP contribution is -2.43. The molecule has 2 aromatic heterocycles. The summed E-state index contributed by atoms with van der Waals surface area (Å²) in [5, 5.41) is 0. The average molecular weight is 577 g/mol. The zero-order chi connectivity index (χ0) is 27.6. The van der Waals surface area contributed by atoms with Crippen LogP contribution in [0.2, 0.25) is 0 Å². The molecule has 5 atom stereocenters. The monoisotopic (exact) mass is 577 g/mol. The van der Waals surface area contributed by atoms with Crippen LogP contribution in [0.15, 0.2) is 71.8 Å². The molecule has 5 N–H and O–H groups in total. The van der Waals surface area contributed by atoms with E-state index < -0.39 is 39.1 Å². The Bertz CT molecular complexity index is 1600. The molecule has 2 aromatic carbocycles. The zero-order valence-corrected chi connectivity index (χ0v) is 22.1. The molecule has 5 rings (SSSR count). The summed E-state index contributed by atoms with van der Waals surface area (Å²) in [7, 11) is -8.99. The predicted molar refractivity (Wildman–Crippen MR) is 139 cm³/mol. The van der Waals surface area contributed by atoms with Crippen LogP contribution in [0, 0.1) is 11.8 Å². The third-order valence-corrected chi connectivity index (χ3v) is 8.10. The first-order valence-corrected chi connectivity index (χ1v) is 14.8.